The monoisotopic (exact) mass is 411 g/mol. The molecule has 4 rings (SSSR count). The first-order chi connectivity index (χ1) is 14.5. The van der Waals surface area contributed by atoms with Gasteiger partial charge < -0.3 is 15.0 Å². The van der Waals surface area contributed by atoms with E-state index in [4.69, 9.17) is 4.74 Å². The van der Waals surface area contributed by atoms with Crippen LogP contribution in [0.2, 0.25) is 0 Å². The molecule has 1 saturated carbocycles. The van der Waals surface area contributed by atoms with Crippen LogP contribution in [0.1, 0.15) is 42.5 Å². The van der Waals surface area contributed by atoms with Gasteiger partial charge in [0.15, 0.2) is 11.6 Å². The summed E-state index contributed by atoms with van der Waals surface area (Å²) in [5.41, 5.74) is 0.744. The number of methoxy groups -OCH3 is 1. The molecule has 1 spiro atoms. The molecule has 1 aliphatic carbocycles. The van der Waals surface area contributed by atoms with Gasteiger partial charge in [0.1, 0.15) is 0 Å². The Kier molecular flexibility index (Phi) is 5.70. The van der Waals surface area contributed by atoms with Crippen molar-refractivity contribution in [3.8, 4) is 5.75 Å². The number of nitrogens with zero attached hydrogens (tertiary/aromatic N) is 2. The van der Waals surface area contributed by atoms with Crippen LogP contribution in [0.4, 0.5) is 10.1 Å². The molecule has 1 aliphatic heterocycles. The third-order valence-electron chi connectivity index (χ3n) is 6.45. The Labute approximate surface area is 175 Å². The molecule has 1 saturated heterocycles. The Balaban J connectivity index is 1.55. The Bertz CT molecular complexity index is 929. The number of anilines is 1. The van der Waals surface area contributed by atoms with Crippen molar-refractivity contribution in [1.82, 2.24) is 9.88 Å². The Hall–Kier alpha value is -2.96. The average Bonchev–Trinajstić information content (AvgIpc) is 3.13. The van der Waals surface area contributed by atoms with Gasteiger partial charge in [0.2, 0.25) is 5.91 Å². The topological polar surface area (TPSA) is 71.5 Å². The first-order valence-electron chi connectivity index (χ1n) is 10.4. The van der Waals surface area contributed by atoms with Gasteiger partial charge in [-0.1, -0.05) is 19.3 Å². The summed E-state index contributed by atoms with van der Waals surface area (Å²) in [6.45, 7) is 0.939. The lowest BCUT2D eigenvalue weighted by atomic mass is 9.67. The van der Waals surface area contributed by atoms with Gasteiger partial charge in [0.05, 0.1) is 13.0 Å². The molecular formula is C23H26FN3O3. The molecule has 7 heteroatoms. The van der Waals surface area contributed by atoms with Crippen molar-refractivity contribution in [3.05, 3.63) is 54.1 Å². The number of hydrogen-bond donors (Lipinski definition) is 1. The minimum absolute atomic E-state index is 0.0758. The number of nitrogens with one attached hydrogen (secondary N) is 1. The van der Waals surface area contributed by atoms with Crippen LogP contribution in [-0.2, 0) is 4.79 Å². The van der Waals surface area contributed by atoms with E-state index < -0.39 is 5.82 Å². The van der Waals surface area contributed by atoms with E-state index >= 15 is 0 Å². The fourth-order valence-corrected chi connectivity index (χ4v) is 4.90. The molecule has 0 radical (unpaired) electrons. The lowest BCUT2D eigenvalue weighted by Gasteiger charge is -2.37. The zero-order valence-electron chi connectivity index (χ0n) is 17.1. The Morgan fingerprint density at radius 1 is 1.17 bits per heavy atom. The highest BCUT2D eigenvalue weighted by Crippen LogP contribution is 2.48. The number of benzene rings is 1. The van der Waals surface area contributed by atoms with Crippen LogP contribution >= 0.6 is 0 Å². The Morgan fingerprint density at radius 2 is 1.90 bits per heavy atom. The Morgan fingerprint density at radius 3 is 2.57 bits per heavy atom. The van der Waals surface area contributed by atoms with Crippen molar-refractivity contribution >= 4 is 17.5 Å². The maximum atomic E-state index is 14.0. The van der Waals surface area contributed by atoms with Gasteiger partial charge in [-0.3, -0.25) is 14.6 Å². The predicted molar refractivity (Wildman–Crippen MR) is 111 cm³/mol. The van der Waals surface area contributed by atoms with Crippen LogP contribution < -0.4 is 10.1 Å². The molecule has 30 heavy (non-hydrogen) atoms. The van der Waals surface area contributed by atoms with Gasteiger partial charge in [0, 0.05) is 48.2 Å². The molecule has 6 nitrogen and oxygen atoms in total. The highest BCUT2D eigenvalue weighted by atomic mass is 19.1. The number of aromatic nitrogens is 1. The van der Waals surface area contributed by atoms with Crippen LogP contribution in [0.15, 0.2) is 42.7 Å². The largest absolute Gasteiger partial charge is 0.494 e. The predicted octanol–water partition coefficient (Wildman–Crippen LogP) is 3.89. The maximum Gasteiger partial charge on any atom is 0.254 e. The summed E-state index contributed by atoms with van der Waals surface area (Å²) in [6, 6.07) is 7.78. The fraction of sp³-hybridized carbons (Fsp3) is 0.435. The van der Waals surface area contributed by atoms with E-state index in [1.165, 1.54) is 19.2 Å². The van der Waals surface area contributed by atoms with Crippen molar-refractivity contribution in [2.24, 2.45) is 11.3 Å². The molecule has 0 bridgehead atoms. The number of ether oxygens (including phenoxy) is 1. The van der Waals surface area contributed by atoms with Crippen LogP contribution in [0, 0.1) is 17.2 Å². The van der Waals surface area contributed by atoms with Gasteiger partial charge in [-0.15, -0.1) is 0 Å². The van der Waals surface area contributed by atoms with E-state index in [1.54, 1.807) is 35.5 Å². The highest BCUT2D eigenvalue weighted by molar-refractivity contribution is 5.97. The third kappa shape index (κ3) is 3.88. The summed E-state index contributed by atoms with van der Waals surface area (Å²) in [4.78, 5) is 32.0. The smallest absolute Gasteiger partial charge is 0.254 e. The maximum absolute atomic E-state index is 14.0. The number of halogens is 1. The summed E-state index contributed by atoms with van der Waals surface area (Å²) in [5.74, 6) is -0.955. The van der Waals surface area contributed by atoms with Gasteiger partial charge in [-0.2, -0.15) is 0 Å². The first kappa shape index (κ1) is 20.3. The van der Waals surface area contributed by atoms with E-state index in [1.807, 2.05) is 0 Å². The number of carbonyl (C=O) groups is 2. The fourth-order valence-electron chi connectivity index (χ4n) is 4.90. The van der Waals surface area contributed by atoms with Crippen molar-refractivity contribution in [2.75, 3.05) is 25.5 Å². The quantitative estimate of drug-likeness (QED) is 0.829. The number of amides is 2. The minimum Gasteiger partial charge on any atom is -0.494 e. The first-order valence-corrected chi connectivity index (χ1v) is 10.4. The van der Waals surface area contributed by atoms with E-state index in [9.17, 15) is 14.0 Å². The normalized spacial score (nSPS) is 20.2. The van der Waals surface area contributed by atoms with Crippen molar-refractivity contribution in [1.29, 1.82) is 0 Å². The molecule has 158 valence electrons. The lowest BCUT2D eigenvalue weighted by Crippen LogP contribution is -2.39. The molecule has 1 aromatic heterocycles. The molecule has 1 aromatic carbocycles. The van der Waals surface area contributed by atoms with Crippen molar-refractivity contribution in [3.63, 3.8) is 0 Å². The third-order valence-corrected chi connectivity index (χ3v) is 6.45. The zero-order chi connectivity index (χ0) is 21.1. The van der Waals surface area contributed by atoms with E-state index in [0.29, 0.717) is 24.3 Å². The van der Waals surface area contributed by atoms with Crippen molar-refractivity contribution < 1.29 is 18.7 Å². The molecular weight excluding hydrogens is 385 g/mol. The molecule has 2 heterocycles. The van der Waals surface area contributed by atoms with Crippen LogP contribution in [-0.4, -0.2) is 41.9 Å². The van der Waals surface area contributed by atoms with E-state index in [2.05, 4.69) is 10.3 Å². The molecule has 1 atom stereocenters. The molecule has 2 fully saturated rings. The summed E-state index contributed by atoms with van der Waals surface area (Å²) < 4.78 is 19.0. The SMILES string of the molecule is COc1ccc(NC(=O)[C@@H]2CN(C(=O)c3ccncc3)CC23CCCCC3)cc1F. The minimum atomic E-state index is -0.524. The second-order valence-electron chi connectivity index (χ2n) is 8.24. The molecule has 2 aromatic rings. The number of rotatable bonds is 4. The van der Waals surface area contributed by atoms with Gasteiger partial charge in [0.25, 0.3) is 5.91 Å². The van der Waals surface area contributed by atoms with Gasteiger partial charge >= 0.3 is 0 Å². The van der Waals surface area contributed by atoms with E-state index in [0.717, 1.165) is 32.1 Å². The van der Waals surface area contributed by atoms with Crippen LogP contribution in [0.5, 0.6) is 5.75 Å². The zero-order valence-corrected chi connectivity index (χ0v) is 17.1. The number of likely N-dealkylation sites (tertiary alicyclic amines) is 1. The molecule has 2 aliphatic rings. The molecule has 1 N–H and O–H groups in total. The summed E-state index contributed by atoms with van der Waals surface area (Å²) in [7, 11) is 1.40. The molecule has 2 amide bonds. The molecule has 0 unspecified atom stereocenters. The summed E-state index contributed by atoms with van der Waals surface area (Å²) in [5, 5.41) is 2.86. The number of hydrogen-bond acceptors (Lipinski definition) is 4. The standard InChI is InChI=1S/C23H26FN3O3/c1-30-20-6-5-17(13-19(20)24)26-21(28)18-14-27(15-23(18)9-3-2-4-10-23)22(29)16-7-11-25-12-8-16/h5-8,11-13,18H,2-4,9-10,14-15H2,1H3,(H,26,28)/t18-/m0/s1. The summed E-state index contributed by atoms with van der Waals surface area (Å²) in [6.07, 6.45) is 8.29. The summed E-state index contributed by atoms with van der Waals surface area (Å²) >= 11 is 0. The lowest BCUT2D eigenvalue weighted by molar-refractivity contribution is -0.123. The van der Waals surface area contributed by atoms with Gasteiger partial charge in [-0.05, 0) is 37.1 Å². The second-order valence-corrected chi connectivity index (χ2v) is 8.24. The number of carbonyl (C=O) groups excluding carboxylic acids is 2. The highest BCUT2D eigenvalue weighted by Gasteiger charge is 2.51. The van der Waals surface area contributed by atoms with Crippen molar-refractivity contribution in [2.45, 2.75) is 32.1 Å². The van der Waals surface area contributed by atoms with Crippen LogP contribution in [0.3, 0.4) is 0 Å². The van der Waals surface area contributed by atoms with Gasteiger partial charge in [-0.25, -0.2) is 4.39 Å². The van der Waals surface area contributed by atoms with E-state index in [-0.39, 0.29) is 28.9 Å². The average molecular weight is 411 g/mol. The second kappa shape index (κ2) is 8.42. The number of pyridine rings is 1. The van der Waals surface area contributed by atoms with Crippen LogP contribution in [0.25, 0.3) is 0 Å².